The average molecular weight is 277 g/mol. The van der Waals surface area contributed by atoms with Gasteiger partial charge in [0.25, 0.3) is 0 Å². The Morgan fingerprint density at radius 3 is 2.26 bits per heavy atom. The van der Waals surface area contributed by atoms with Gasteiger partial charge >= 0.3 is 12.1 Å². The first-order valence-electron chi connectivity index (χ1n) is 5.39. The minimum Gasteiger partial charge on any atom is -0.467 e. The zero-order valence-corrected chi connectivity index (χ0v) is 10.4. The van der Waals surface area contributed by atoms with Crippen LogP contribution in [0.25, 0.3) is 0 Å². The second kappa shape index (κ2) is 5.48. The summed E-state index contributed by atoms with van der Waals surface area (Å²) in [7, 11) is 1.13. The number of anilines is 1. The molecule has 0 amide bonds. The van der Waals surface area contributed by atoms with Crippen LogP contribution in [0, 0.1) is 0 Å². The van der Waals surface area contributed by atoms with Crippen molar-refractivity contribution in [3.05, 3.63) is 29.8 Å². The van der Waals surface area contributed by atoms with Crippen molar-refractivity contribution in [2.75, 3.05) is 19.0 Å². The third-order valence-corrected chi connectivity index (χ3v) is 2.47. The number of nitrogens with one attached hydrogen (secondary N) is 1. The first kappa shape index (κ1) is 15.3. The lowest BCUT2D eigenvalue weighted by molar-refractivity contribution is -0.158. The van der Waals surface area contributed by atoms with E-state index < -0.39 is 23.3 Å². The quantitative estimate of drug-likeness (QED) is 0.827. The number of alkyl halides is 3. The van der Waals surface area contributed by atoms with E-state index in [0.29, 0.717) is 5.69 Å². The van der Waals surface area contributed by atoms with E-state index in [4.69, 9.17) is 0 Å². The number of halogens is 3. The molecule has 7 heteroatoms. The minimum atomic E-state index is -4.39. The average Bonchev–Trinajstić information content (AvgIpc) is 2.35. The summed E-state index contributed by atoms with van der Waals surface area (Å²) in [4.78, 5) is 11.2. The number of carbonyl (C=O) groups excluding carboxylic acids is 1. The molecule has 2 N–H and O–H groups in total. The number of aliphatic hydroxyl groups is 1. The standard InChI is InChI=1S/C12H14F3NO3/c1-11(18,10(17)19-2)7-16-9-5-3-8(4-6-9)12(13,14)15/h3-6,16,18H,7H2,1-2H3. The molecule has 1 aromatic carbocycles. The number of hydrogen-bond acceptors (Lipinski definition) is 4. The molecule has 0 bridgehead atoms. The molecule has 0 saturated carbocycles. The predicted molar refractivity (Wildman–Crippen MR) is 62.6 cm³/mol. The molecule has 0 spiro atoms. The van der Waals surface area contributed by atoms with Gasteiger partial charge in [0.15, 0.2) is 5.60 Å². The summed E-state index contributed by atoms with van der Waals surface area (Å²) in [5.74, 6) is -0.827. The van der Waals surface area contributed by atoms with Crippen LogP contribution in [0.4, 0.5) is 18.9 Å². The molecule has 1 rings (SSSR count). The lowest BCUT2D eigenvalue weighted by Gasteiger charge is -2.21. The largest absolute Gasteiger partial charge is 0.467 e. The highest BCUT2D eigenvalue weighted by Gasteiger charge is 2.32. The third kappa shape index (κ3) is 4.13. The number of hydrogen-bond donors (Lipinski definition) is 2. The fraction of sp³-hybridized carbons (Fsp3) is 0.417. The van der Waals surface area contributed by atoms with Crippen molar-refractivity contribution >= 4 is 11.7 Å². The van der Waals surface area contributed by atoms with E-state index in [1.165, 1.54) is 19.1 Å². The van der Waals surface area contributed by atoms with Crippen LogP contribution in [0.3, 0.4) is 0 Å². The van der Waals surface area contributed by atoms with Crippen molar-refractivity contribution in [2.45, 2.75) is 18.7 Å². The van der Waals surface area contributed by atoms with Crippen LogP contribution in [0.2, 0.25) is 0 Å². The van der Waals surface area contributed by atoms with Gasteiger partial charge in [-0.25, -0.2) is 4.79 Å². The molecule has 0 aliphatic heterocycles. The molecule has 1 atom stereocenters. The summed E-state index contributed by atoms with van der Waals surface area (Å²) in [6.45, 7) is 1.07. The van der Waals surface area contributed by atoms with E-state index in [0.717, 1.165) is 19.2 Å². The van der Waals surface area contributed by atoms with Crippen molar-refractivity contribution in [2.24, 2.45) is 0 Å². The van der Waals surface area contributed by atoms with Gasteiger partial charge in [-0.2, -0.15) is 13.2 Å². The Kier molecular flexibility index (Phi) is 4.41. The molecular weight excluding hydrogens is 263 g/mol. The molecular formula is C12H14F3NO3. The van der Waals surface area contributed by atoms with E-state index in [2.05, 4.69) is 10.1 Å². The molecule has 1 aromatic rings. The Morgan fingerprint density at radius 2 is 1.84 bits per heavy atom. The molecule has 1 unspecified atom stereocenters. The molecule has 0 aliphatic carbocycles. The van der Waals surface area contributed by atoms with Gasteiger partial charge in [-0.05, 0) is 31.2 Å². The van der Waals surface area contributed by atoms with Crippen molar-refractivity contribution in [1.29, 1.82) is 0 Å². The SMILES string of the molecule is COC(=O)C(C)(O)CNc1ccc(C(F)(F)F)cc1. The molecule has 19 heavy (non-hydrogen) atoms. The number of carbonyl (C=O) groups is 1. The summed E-state index contributed by atoms with van der Waals surface area (Å²) < 4.78 is 41.4. The van der Waals surface area contributed by atoms with Crippen LogP contribution in [-0.2, 0) is 15.7 Å². The van der Waals surface area contributed by atoms with Gasteiger partial charge < -0.3 is 15.2 Å². The van der Waals surface area contributed by atoms with Gasteiger partial charge in [-0.1, -0.05) is 0 Å². The molecule has 0 saturated heterocycles. The molecule has 0 aliphatic rings. The van der Waals surface area contributed by atoms with Gasteiger partial charge in [0.2, 0.25) is 0 Å². The molecule has 106 valence electrons. The van der Waals surface area contributed by atoms with Crippen molar-refractivity contribution in [3.63, 3.8) is 0 Å². The summed E-state index contributed by atoms with van der Waals surface area (Å²) in [5, 5.41) is 12.4. The highest BCUT2D eigenvalue weighted by atomic mass is 19.4. The van der Waals surface area contributed by atoms with Gasteiger partial charge in [0.05, 0.1) is 19.2 Å². The van der Waals surface area contributed by atoms with Gasteiger partial charge in [0.1, 0.15) is 0 Å². The highest BCUT2D eigenvalue weighted by molar-refractivity contribution is 5.79. The second-order valence-corrected chi connectivity index (χ2v) is 4.19. The monoisotopic (exact) mass is 277 g/mol. The molecule has 0 fully saturated rings. The summed E-state index contributed by atoms with van der Waals surface area (Å²) >= 11 is 0. The van der Waals surface area contributed by atoms with Gasteiger partial charge in [-0.3, -0.25) is 0 Å². The Labute approximate surface area is 108 Å². The van der Waals surface area contributed by atoms with Crippen LogP contribution < -0.4 is 5.32 Å². The van der Waals surface area contributed by atoms with E-state index in [1.54, 1.807) is 0 Å². The highest BCUT2D eigenvalue weighted by Crippen LogP contribution is 2.29. The topological polar surface area (TPSA) is 58.6 Å². The minimum absolute atomic E-state index is 0.176. The predicted octanol–water partition coefficient (Wildman–Crippen LogP) is 2.04. The Hall–Kier alpha value is -1.76. The summed E-state index contributed by atoms with van der Waals surface area (Å²) in [5.41, 5.74) is -2.16. The van der Waals surface area contributed by atoms with Crippen molar-refractivity contribution < 1.29 is 27.8 Å². The number of rotatable bonds is 4. The van der Waals surface area contributed by atoms with E-state index in [9.17, 15) is 23.1 Å². The van der Waals surface area contributed by atoms with Crippen LogP contribution in [-0.4, -0.2) is 30.3 Å². The summed E-state index contributed by atoms with van der Waals surface area (Å²) in [6, 6.07) is 4.26. The fourth-order valence-corrected chi connectivity index (χ4v) is 1.34. The number of benzene rings is 1. The van der Waals surface area contributed by atoms with Crippen LogP contribution in [0.15, 0.2) is 24.3 Å². The van der Waals surface area contributed by atoms with Crippen molar-refractivity contribution in [1.82, 2.24) is 0 Å². The van der Waals surface area contributed by atoms with Crippen LogP contribution >= 0.6 is 0 Å². The first-order valence-corrected chi connectivity index (χ1v) is 5.39. The zero-order chi connectivity index (χ0) is 14.7. The van der Waals surface area contributed by atoms with Gasteiger partial charge in [-0.15, -0.1) is 0 Å². The number of esters is 1. The maximum absolute atomic E-state index is 12.3. The Morgan fingerprint density at radius 1 is 1.32 bits per heavy atom. The Bertz CT molecular complexity index is 441. The van der Waals surface area contributed by atoms with Crippen molar-refractivity contribution in [3.8, 4) is 0 Å². The van der Waals surface area contributed by atoms with E-state index >= 15 is 0 Å². The molecule has 0 heterocycles. The lowest BCUT2D eigenvalue weighted by atomic mass is 10.1. The second-order valence-electron chi connectivity index (χ2n) is 4.19. The molecule has 4 nitrogen and oxygen atoms in total. The number of ether oxygens (including phenoxy) is 1. The molecule has 0 aromatic heterocycles. The fourth-order valence-electron chi connectivity index (χ4n) is 1.34. The first-order chi connectivity index (χ1) is 8.66. The maximum atomic E-state index is 12.3. The van der Waals surface area contributed by atoms with Crippen LogP contribution in [0.1, 0.15) is 12.5 Å². The smallest absolute Gasteiger partial charge is 0.416 e. The van der Waals surface area contributed by atoms with E-state index in [1.807, 2.05) is 0 Å². The lowest BCUT2D eigenvalue weighted by Crippen LogP contribution is -2.42. The maximum Gasteiger partial charge on any atom is 0.416 e. The third-order valence-electron chi connectivity index (χ3n) is 2.47. The molecule has 0 radical (unpaired) electrons. The van der Waals surface area contributed by atoms with Gasteiger partial charge in [0, 0.05) is 5.69 Å². The normalized spacial score (nSPS) is 14.6. The van der Waals surface area contributed by atoms with Crippen LogP contribution in [0.5, 0.6) is 0 Å². The summed E-state index contributed by atoms with van der Waals surface area (Å²) in [6.07, 6.45) is -4.39. The van der Waals surface area contributed by atoms with E-state index in [-0.39, 0.29) is 6.54 Å². The number of methoxy groups -OCH3 is 1. The Balaban J connectivity index is 2.67. The zero-order valence-electron chi connectivity index (χ0n) is 10.4.